The van der Waals surface area contributed by atoms with Gasteiger partial charge in [0.25, 0.3) is 0 Å². The highest BCUT2D eigenvalue weighted by Gasteiger charge is 2.22. The molecule has 0 saturated carbocycles. The van der Waals surface area contributed by atoms with Crippen LogP contribution < -0.4 is 0 Å². The summed E-state index contributed by atoms with van der Waals surface area (Å²) in [6, 6.07) is 7.24. The third-order valence-electron chi connectivity index (χ3n) is 3.70. The Labute approximate surface area is 134 Å². The average Bonchev–Trinajstić information content (AvgIpc) is 2.91. The first kappa shape index (κ1) is 16.5. The van der Waals surface area contributed by atoms with Crippen LogP contribution in [0.5, 0.6) is 0 Å². The Kier molecular flexibility index (Phi) is 5.57. The molecule has 1 atom stereocenters. The zero-order valence-corrected chi connectivity index (χ0v) is 13.5. The zero-order valence-electron chi connectivity index (χ0n) is 12.7. The maximum atomic E-state index is 12.7. The molecule has 118 valence electrons. The number of rotatable bonds is 6. The molecule has 0 saturated heterocycles. The molecule has 2 N–H and O–H groups in total. The molecule has 0 aliphatic heterocycles. The normalized spacial score (nSPS) is 12.2. The van der Waals surface area contributed by atoms with Crippen molar-refractivity contribution in [3.63, 3.8) is 0 Å². The van der Waals surface area contributed by atoms with Crippen LogP contribution in [0.15, 0.2) is 30.6 Å². The van der Waals surface area contributed by atoms with Gasteiger partial charge in [-0.15, -0.1) is 0 Å². The molecule has 0 fully saturated rings. The van der Waals surface area contributed by atoms with E-state index in [2.05, 4.69) is 9.97 Å². The predicted molar refractivity (Wildman–Crippen MR) is 85.7 cm³/mol. The van der Waals surface area contributed by atoms with Gasteiger partial charge >= 0.3 is 0 Å². The maximum absolute atomic E-state index is 12.7. The van der Waals surface area contributed by atoms with Gasteiger partial charge in [-0.25, -0.2) is 4.98 Å². The maximum Gasteiger partial charge on any atom is 0.230 e. The van der Waals surface area contributed by atoms with Crippen LogP contribution >= 0.6 is 11.6 Å². The second-order valence-corrected chi connectivity index (χ2v) is 5.67. The molecule has 1 aromatic carbocycles. The Morgan fingerprint density at radius 2 is 2.09 bits per heavy atom. The number of hydrogen-bond acceptors (Lipinski definition) is 3. The lowest BCUT2D eigenvalue weighted by molar-refractivity contribution is -0.133. The van der Waals surface area contributed by atoms with Crippen molar-refractivity contribution in [3.05, 3.63) is 52.6 Å². The van der Waals surface area contributed by atoms with Crippen LogP contribution in [0.4, 0.5) is 0 Å². The van der Waals surface area contributed by atoms with E-state index in [1.807, 2.05) is 26.0 Å². The number of nitrogens with zero attached hydrogens (tertiary/aromatic N) is 2. The van der Waals surface area contributed by atoms with Crippen LogP contribution in [0.1, 0.15) is 29.8 Å². The highest BCUT2D eigenvalue weighted by Crippen LogP contribution is 2.21. The molecular weight excluding hydrogens is 302 g/mol. The van der Waals surface area contributed by atoms with Crippen LogP contribution in [-0.4, -0.2) is 39.0 Å². The van der Waals surface area contributed by atoms with Crippen LogP contribution in [-0.2, 0) is 11.3 Å². The van der Waals surface area contributed by atoms with Gasteiger partial charge in [-0.3, -0.25) is 4.79 Å². The standard InChI is InChI=1S/C16H20ClN3O2/c1-11(13-3-5-14(17)6-4-13)16(22)20(7-8-21)9-15-12(2)18-10-19-15/h3-6,10-11,21H,7-9H2,1-2H3,(H,18,19). The summed E-state index contributed by atoms with van der Waals surface area (Å²) in [6.07, 6.45) is 1.61. The summed E-state index contributed by atoms with van der Waals surface area (Å²) in [5.74, 6) is -0.346. The van der Waals surface area contributed by atoms with Gasteiger partial charge < -0.3 is 15.0 Å². The van der Waals surface area contributed by atoms with E-state index in [-0.39, 0.29) is 25.0 Å². The largest absolute Gasteiger partial charge is 0.395 e. The summed E-state index contributed by atoms with van der Waals surface area (Å²) in [4.78, 5) is 21.5. The monoisotopic (exact) mass is 321 g/mol. The molecule has 1 aromatic heterocycles. The molecular formula is C16H20ClN3O2. The number of halogens is 1. The third kappa shape index (κ3) is 3.87. The highest BCUT2D eigenvalue weighted by molar-refractivity contribution is 6.30. The number of aromatic nitrogens is 2. The number of imidazole rings is 1. The lowest BCUT2D eigenvalue weighted by Gasteiger charge is -2.25. The van der Waals surface area contributed by atoms with Gasteiger partial charge in [-0.2, -0.15) is 0 Å². The van der Waals surface area contributed by atoms with Crippen LogP contribution in [0, 0.1) is 6.92 Å². The molecule has 0 radical (unpaired) electrons. The van der Waals surface area contributed by atoms with E-state index in [1.54, 1.807) is 23.4 Å². The first-order valence-electron chi connectivity index (χ1n) is 7.17. The van der Waals surface area contributed by atoms with Gasteiger partial charge in [0.15, 0.2) is 0 Å². The summed E-state index contributed by atoms with van der Waals surface area (Å²) in [7, 11) is 0. The van der Waals surface area contributed by atoms with Crippen LogP contribution in [0.3, 0.4) is 0 Å². The fourth-order valence-corrected chi connectivity index (χ4v) is 2.41. The Balaban J connectivity index is 2.14. The molecule has 0 bridgehead atoms. The summed E-state index contributed by atoms with van der Waals surface area (Å²) >= 11 is 5.88. The number of benzene rings is 1. The van der Waals surface area contributed by atoms with Crippen LogP contribution in [0.2, 0.25) is 5.02 Å². The highest BCUT2D eigenvalue weighted by atomic mass is 35.5. The van der Waals surface area contributed by atoms with Crippen LogP contribution in [0.25, 0.3) is 0 Å². The van der Waals surface area contributed by atoms with Crippen molar-refractivity contribution in [1.82, 2.24) is 14.9 Å². The van der Waals surface area contributed by atoms with Gasteiger partial charge in [-0.05, 0) is 31.5 Å². The summed E-state index contributed by atoms with van der Waals surface area (Å²) in [5, 5.41) is 9.87. The Morgan fingerprint density at radius 1 is 1.41 bits per heavy atom. The SMILES string of the molecule is Cc1[nH]cnc1CN(CCO)C(=O)C(C)c1ccc(Cl)cc1. The summed E-state index contributed by atoms with van der Waals surface area (Å²) in [6.45, 7) is 4.35. The molecule has 1 unspecified atom stereocenters. The molecule has 6 heteroatoms. The number of carbonyl (C=O) groups excluding carboxylic acids is 1. The number of aromatic amines is 1. The molecule has 5 nitrogen and oxygen atoms in total. The first-order chi connectivity index (χ1) is 10.5. The minimum Gasteiger partial charge on any atom is -0.395 e. The number of carbonyl (C=O) groups is 1. The molecule has 0 spiro atoms. The molecule has 22 heavy (non-hydrogen) atoms. The third-order valence-corrected chi connectivity index (χ3v) is 3.95. The number of aryl methyl sites for hydroxylation is 1. The molecule has 0 aliphatic rings. The van der Waals surface area contributed by atoms with Crippen molar-refractivity contribution in [2.24, 2.45) is 0 Å². The van der Waals surface area contributed by atoms with Crippen molar-refractivity contribution in [2.45, 2.75) is 26.3 Å². The fourth-order valence-electron chi connectivity index (χ4n) is 2.28. The van der Waals surface area contributed by atoms with Crippen molar-refractivity contribution >= 4 is 17.5 Å². The van der Waals surface area contributed by atoms with E-state index in [4.69, 9.17) is 11.6 Å². The van der Waals surface area contributed by atoms with Crippen molar-refractivity contribution in [3.8, 4) is 0 Å². The van der Waals surface area contributed by atoms with E-state index in [0.717, 1.165) is 17.0 Å². The first-order valence-corrected chi connectivity index (χ1v) is 7.54. The van der Waals surface area contributed by atoms with Gasteiger partial charge in [0.2, 0.25) is 5.91 Å². The van der Waals surface area contributed by atoms with Gasteiger partial charge in [-0.1, -0.05) is 23.7 Å². The van der Waals surface area contributed by atoms with Gasteiger partial charge in [0.05, 0.1) is 31.1 Å². The quantitative estimate of drug-likeness (QED) is 0.859. The predicted octanol–water partition coefficient (Wildman–Crippen LogP) is 2.50. The second kappa shape index (κ2) is 7.42. The minimum atomic E-state index is -0.303. The van der Waals surface area contributed by atoms with E-state index in [1.165, 1.54) is 0 Å². The van der Waals surface area contributed by atoms with E-state index in [9.17, 15) is 9.90 Å². The van der Waals surface area contributed by atoms with Crippen molar-refractivity contribution < 1.29 is 9.90 Å². The molecule has 2 rings (SSSR count). The van der Waals surface area contributed by atoms with Gasteiger partial charge in [0.1, 0.15) is 0 Å². The van der Waals surface area contributed by atoms with E-state index in [0.29, 0.717) is 11.6 Å². The Hall–Kier alpha value is -1.85. The molecule has 0 aliphatic carbocycles. The van der Waals surface area contributed by atoms with E-state index >= 15 is 0 Å². The number of hydrogen-bond donors (Lipinski definition) is 2. The Morgan fingerprint density at radius 3 is 2.64 bits per heavy atom. The number of amides is 1. The summed E-state index contributed by atoms with van der Waals surface area (Å²) < 4.78 is 0. The van der Waals surface area contributed by atoms with Crippen molar-refractivity contribution in [2.75, 3.05) is 13.2 Å². The number of nitrogens with one attached hydrogen (secondary N) is 1. The minimum absolute atomic E-state index is 0.0428. The smallest absolute Gasteiger partial charge is 0.230 e. The lowest BCUT2D eigenvalue weighted by Crippen LogP contribution is -2.36. The number of aliphatic hydroxyl groups is 1. The lowest BCUT2D eigenvalue weighted by atomic mass is 9.99. The molecule has 1 heterocycles. The average molecular weight is 322 g/mol. The fraction of sp³-hybridized carbons (Fsp3) is 0.375. The molecule has 2 aromatic rings. The summed E-state index contributed by atoms with van der Waals surface area (Å²) in [5.41, 5.74) is 2.64. The van der Waals surface area contributed by atoms with E-state index < -0.39 is 0 Å². The number of aliphatic hydroxyl groups excluding tert-OH is 1. The topological polar surface area (TPSA) is 69.2 Å². The Bertz CT molecular complexity index is 625. The number of H-pyrrole nitrogens is 1. The molecule has 1 amide bonds. The van der Waals surface area contributed by atoms with Crippen molar-refractivity contribution in [1.29, 1.82) is 0 Å². The zero-order chi connectivity index (χ0) is 16.1. The van der Waals surface area contributed by atoms with Gasteiger partial charge in [0, 0.05) is 17.3 Å². The second-order valence-electron chi connectivity index (χ2n) is 5.23.